The second-order valence-corrected chi connectivity index (χ2v) is 8.48. The topological polar surface area (TPSA) is 61.0 Å². The highest BCUT2D eigenvalue weighted by Gasteiger charge is 2.24. The van der Waals surface area contributed by atoms with Crippen LogP contribution in [-0.4, -0.2) is 40.4 Å². The molecule has 0 aliphatic carbocycles. The van der Waals surface area contributed by atoms with Crippen molar-refractivity contribution < 1.29 is 4.79 Å². The van der Waals surface area contributed by atoms with Crippen LogP contribution in [0.25, 0.3) is 11.0 Å². The van der Waals surface area contributed by atoms with Crippen molar-refractivity contribution in [1.82, 2.24) is 14.9 Å². The molecule has 6 heteroatoms. The summed E-state index contributed by atoms with van der Waals surface area (Å²) in [6.07, 6.45) is 3.81. The van der Waals surface area contributed by atoms with Crippen LogP contribution in [0.5, 0.6) is 0 Å². The number of imidazole rings is 1. The van der Waals surface area contributed by atoms with Gasteiger partial charge in [-0.3, -0.25) is 9.69 Å². The number of aromatic nitrogens is 2. The van der Waals surface area contributed by atoms with E-state index in [1.807, 2.05) is 18.2 Å². The summed E-state index contributed by atoms with van der Waals surface area (Å²) in [6.45, 7) is 6.48. The van der Waals surface area contributed by atoms with Gasteiger partial charge in [0.25, 0.3) is 0 Å². The number of nitrogens with one attached hydrogen (secondary N) is 2. The Kier molecular flexibility index (Phi) is 6.40. The van der Waals surface area contributed by atoms with Crippen LogP contribution in [0.3, 0.4) is 0 Å². The Balaban J connectivity index is 1.35. The van der Waals surface area contributed by atoms with E-state index in [0.29, 0.717) is 12.5 Å². The molecule has 2 N–H and O–H groups in total. The molecule has 5 nitrogen and oxygen atoms in total. The Morgan fingerprint density at radius 2 is 1.87 bits per heavy atom. The average Bonchev–Trinajstić information content (AvgIpc) is 3.17. The predicted octanol–water partition coefficient (Wildman–Crippen LogP) is 5.16. The molecule has 1 aromatic heterocycles. The third-order valence-electron chi connectivity index (χ3n) is 6.07. The number of likely N-dealkylation sites (tertiary alicyclic amines) is 1. The lowest BCUT2D eigenvalue weighted by molar-refractivity contribution is -0.117. The molecular formula is C24H29ClN4O. The molecule has 0 atom stereocenters. The number of carbonyl (C=O) groups excluding carboxylic acids is 1. The molecule has 0 bridgehead atoms. The number of halogens is 1. The molecule has 1 amide bonds. The van der Waals surface area contributed by atoms with Crippen molar-refractivity contribution in [3.8, 4) is 0 Å². The fraction of sp³-hybridized carbons (Fsp3) is 0.417. The summed E-state index contributed by atoms with van der Waals surface area (Å²) >= 11 is 6.08. The van der Waals surface area contributed by atoms with E-state index >= 15 is 0 Å². The van der Waals surface area contributed by atoms with Crippen LogP contribution in [0.1, 0.15) is 49.6 Å². The number of nitrogens with zero attached hydrogens (tertiary/aromatic N) is 2. The van der Waals surface area contributed by atoms with E-state index < -0.39 is 0 Å². The van der Waals surface area contributed by atoms with Gasteiger partial charge in [0.1, 0.15) is 5.82 Å². The normalized spacial score (nSPS) is 15.6. The Hall–Kier alpha value is -2.37. The number of H-pyrrole nitrogens is 1. The van der Waals surface area contributed by atoms with E-state index in [2.05, 4.69) is 47.2 Å². The summed E-state index contributed by atoms with van der Waals surface area (Å²) in [4.78, 5) is 23.1. The molecule has 1 aliphatic heterocycles. The third kappa shape index (κ3) is 4.52. The molecule has 30 heavy (non-hydrogen) atoms. The van der Waals surface area contributed by atoms with Crippen LogP contribution in [0.15, 0.2) is 36.4 Å². The molecule has 1 saturated heterocycles. The smallest absolute Gasteiger partial charge is 0.238 e. The van der Waals surface area contributed by atoms with Gasteiger partial charge < -0.3 is 10.3 Å². The van der Waals surface area contributed by atoms with Crippen LogP contribution in [0.4, 0.5) is 5.69 Å². The minimum Gasteiger partial charge on any atom is -0.342 e. The Bertz CT molecular complexity index is 1010. The maximum atomic E-state index is 12.7. The van der Waals surface area contributed by atoms with E-state index in [0.717, 1.165) is 66.3 Å². The lowest BCUT2D eigenvalue weighted by Gasteiger charge is -2.30. The number of anilines is 1. The SMILES string of the molecule is CCc1cccc(CC)c1NC(=O)CN1CCC(c2nc3ccc(Cl)cc3[nH]2)CC1. The fourth-order valence-corrected chi connectivity index (χ4v) is 4.52. The molecule has 2 aromatic carbocycles. The van der Waals surface area contributed by atoms with Gasteiger partial charge in [-0.15, -0.1) is 0 Å². The van der Waals surface area contributed by atoms with Gasteiger partial charge in [-0.05, 0) is 68.1 Å². The van der Waals surface area contributed by atoms with Crippen LogP contribution in [-0.2, 0) is 17.6 Å². The number of piperidine rings is 1. The van der Waals surface area contributed by atoms with Crippen molar-refractivity contribution in [3.05, 3.63) is 58.4 Å². The number of carbonyl (C=O) groups is 1. The van der Waals surface area contributed by atoms with E-state index in [1.165, 1.54) is 11.1 Å². The second kappa shape index (κ2) is 9.19. The zero-order valence-electron chi connectivity index (χ0n) is 17.7. The average molecular weight is 425 g/mol. The van der Waals surface area contributed by atoms with Crippen molar-refractivity contribution in [2.24, 2.45) is 0 Å². The highest BCUT2D eigenvalue weighted by Crippen LogP contribution is 2.29. The molecule has 0 saturated carbocycles. The van der Waals surface area contributed by atoms with Crippen molar-refractivity contribution in [1.29, 1.82) is 0 Å². The number of aromatic amines is 1. The summed E-state index contributed by atoms with van der Waals surface area (Å²) in [6, 6.07) is 12.0. The monoisotopic (exact) mass is 424 g/mol. The van der Waals surface area contributed by atoms with Crippen LogP contribution in [0, 0.1) is 0 Å². The summed E-state index contributed by atoms with van der Waals surface area (Å²) in [5.41, 5.74) is 5.35. The zero-order valence-corrected chi connectivity index (χ0v) is 18.4. The number of benzene rings is 2. The molecule has 0 radical (unpaired) electrons. The first-order valence-electron chi connectivity index (χ1n) is 10.9. The lowest BCUT2D eigenvalue weighted by Crippen LogP contribution is -2.39. The fourth-order valence-electron chi connectivity index (χ4n) is 4.34. The first kappa shape index (κ1) is 20.9. The second-order valence-electron chi connectivity index (χ2n) is 8.04. The quantitative estimate of drug-likeness (QED) is 0.574. The first-order chi connectivity index (χ1) is 14.6. The molecule has 4 rings (SSSR count). The standard InChI is InChI=1S/C24H29ClN4O/c1-3-16-6-5-7-17(4-2)23(16)28-22(30)15-29-12-10-18(11-13-29)24-26-20-9-8-19(25)14-21(20)27-24/h5-9,14,18H,3-4,10-13,15H2,1-2H3,(H,26,27)(H,28,30). The minimum absolute atomic E-state index is 0.0717. The van der Waals surface area contributed by atoms with E-state index in [-0.39, 0.29) is 5.91 Å². The van der Waals surface area contributed by atoms with Crippen LogP contribution >= 0.6 is 11.6 Å². The van der Waals surface area contributed by atoms with Gasteiger partial charge in [-0.25, -0.2) is 4.98 Å². The maximum Gasteiger partial charge on any atom is 0.238 e. The van der Waals surface area contributed by atoms with Crippen LogP contribution < -0.4 is 5.32 Å². The Labute approximate surface area is 182 Å². The number of hydrogen-bond acceptors (Lipinski definition) is 3. The van der Waals surface area contributed by atoms with Crippen molar-refractivity contribution in [2.75, 3.05) is 25.0 Å². The Morgan fingerprint density at radius 1 is 1.17 bits per heavy atom. The van der Waals surface area contributed by atoms with Gasteiger partial charge >= 0.3 is 0 Å². The summed E-state index contributed by atoms with van der Waals surface area (Å²) in [5, 5.41) is 3.90. The third-order valence-corrected chi connectivity index (χ3v) is 6.30. The number of aryl methyl sites for hydroxylation is 2. The molecule has 158 valence electrons. The van der Waals surface area contributed by atoms with Crippen molar-refractivity contribution >= 4 is 34.2 Å². The minimum atomic E-state index is 0.0717. The van der Waals surface area contributed by atoms with E-state index in [9.17, 15) is 4.79 Å². The number of fused-ring (bicyclic) bond motifs is 1. The van der Waals surface area contributed by atoms with E-state index in [4.69, 9.17) is 16.6 Å². The zero-order chi connectivity index (χ0) is 21.1. The number of hydrogen-bond donors (Lipinski definition) is 2. The summed E-state index contributed by atoms with van der Waals surface area (Å²) in [5.74, 6) is 1.49. The van der Waals surface area contributed by atoms with Gasteiger partial charge in [0.05, 0.1) is 17.6 Å². The molecule has 2 heterocycles. The molecule has 0 unspecified atom stereocenters. The number of rotatable bonds is 6. The lowest BCUT2D eigenvalue weighted by atomic mass is 9.96. The van der Waals surface area contributed by atoms with Crippen molar-refractivity contribution in [2.45, 2.75) is 45.4 Å². The van der Waals surface area contributed by atoms with Gasteiger partial charge in [0.2, 0.25) is 5.91 Å². The Morgan fingerprint density at radius 3 is 2.53 bits per heavy atom. The predicted molar refractivity (Wildman–Crippen MR) is 123 cm³/mol. The van der Waals surface area contributed by atoms with Gasteiger partial charge in [-0.2, -0.15) is 0 Å². The van der Waals surface area contributed by atoms with Gasteiger partial charge in [0.15, 0.2) is 0 Å². The summed E-state index contributed by atoms with van der Waals surface area (Å²) in [7, 11) is 0. The molecule has 1 fully saturated rings. The largest absolute Gasteiger partial charge is 0.342 e. The maximum absolute atomic E-state index is 12.7. The molecule has 1 aliphatic rings. The van der Waals surface area contributed by atoms with Gasteiger partial charge in [-0.1, -0.05) is 43.6 Å². The summed E-state index contributed by atoms with van der Waals surface area (Å²) < 4.78 is 0. The highest BCUT2D eigenvalue weighted by atomic mass is 35.5. The highest BCUT2D eigenvalue weighted by molar-refractivity contribution is 6.31. The van der Waals surface area contributed by atoms with Gasteiger partial charge in [0, 0.05) is 16.6 Å². The molecule has 3 aromatic rings. The molecule has 0 spiro atoms. The molecular weight excluding hydrogens is 396 g/mol. The first-order valence-corrected chi connectivity index (χ1v) is 11.2. The van der Waals surface area contributed by atoms with Crippen molar-refractivity contribution in [3.63, 3.8) is 0 Å². The number of para-hydroxylation sites is 1. The van der Waals surface area contributed by atoms with Crippen LogP contribution in [0.2, 0.25) is 5.02 Å². The van der Waals surface area contributed by atoms with E-state index in [1.54, 1.807) is 0 Å². The number of amides is 1.